The predicted molar refractivity (Wildman–Crippen MR) is 91.6 cm³/mol. The summed E-state index contributed by atoms with van der Waals surface area (Å²) in [5.41, 5.74) is 0.693. The van der Waals surface area contributed by atoms with Crippen LogP contribution in [0.2, 0.25) is 0 Å². The summed E-state index contributed by atoms with van der Waals surface area (Å²) >= 11 is 0. The van der Waals surface area contributed by atoms with E-state index in [1.165, 1.54) is 4.31 Å². The molecule has 0 aliphatic carbocycles. The van der Waals surface area contributed by atoms with Crippen LogP contribution in [0.1, 0.15) is 19.8 Å². The van der Waals surface area contributed by atoms with Crippen LogP contribution in [0.25, 0.3) is 11.0 Å². The summed E-state index contributed by atoms with van der Waals surface area (Å²) in [5.74, 6) is 1.42. The number of fused-ring (bicyclic) bond motifs is 2. The van der Waals surface area contributed by atoms with Gasteiger partial charge in [-0.15, -0.1) is 0 Å². The van der Waals surface area contributed by atoms with Gasteiger partial charge in [-0.2, -0.15) is 12.7 Å². The van der Waals surface area contributed by atoms with Gasteiger partial charge in [-0.05, 0) is 24.8 Å². The van der Waals surface area contributed by atoms with E-state index in [-0.39, 0.29) is 5.41 Å². The molecule has 130 valence electrons. The van der Waals surface area contributed by atoms with E-state index in [0.29, 0.717) is 19.0 Å². The largest absolute Gasteiger partial charge is 0.355 e. The zero-order valence-electron chi connectivity index (χ0n) is 13.6. The van der Waals surface area contributed by atoms with Gasteiger partial charge in [0.1, 0.15) is 17.8 Å². The molecule has 4 heterocycles. The molecule has 0 saturated carbocycles. The number of hydrogen-bond donors (Lipinski definition) is 2. The van der Waals surface area contributed by atoms with E-state index in [0.717, 1.165) is 42.8 Å². The summed E-state index contributed by atoms with van der Waals surface area (Å²) in [6.45, 7) is 4.84. The molecule has 2 aromatic heterocycles. The third kappa shape index (κ3) is 2.56. The number of aromatic amines is 1. The van der Waals surface area contributed by atoms with Crippen LogP contribution in [0.5, 0.6) is 0 Å². The van der Waals surface area contributed by atoms with Crippen molar-refractivity contribution in [2.45, 2.75) is 19.8 Å². The van der Waals surface area contributed by atoms with Crippen molar-refractivity contribution in [1.82, 2.24) is 19.3 Å². The van der Waals surface area contributed by atoms with Crippen LogP contribution >= 0.6 is 0 Å². The highest BCUT2D eigenvalue weighted by Gasteiger charge is 2.46. The van der Waals surface area contributed by atoms with E-state index in [1.54, 1.807) is 6.33 Å². The monoisotopic (exact) mass is 350 g/mol. The fraction of sp³-hybridized carbons (Fsp3) is 0.600. The van der Waals surface area contributed by atoms with Gasteiger partial charge in [-0.1, -0.05) is 6.92 Å². The smallest absolute Gasteiger partial charge is 0.276 e. The van der Waals surface area contributed by atoms with Gasteiger partial charge in [0.2, 0.25) is 0 Å². The molecular weight excluding hydrogens is 328 g/mol. The maximum Gasteiger partial charge on any atom is 0.276 e. The SMILES string of the molecule is C[C@]12CN(c3ncnc4[nH]ccc34)CC[C@H]1CCN(S(N)(=O)=O)C2. The fourth-order valence-electron chi connectivity index (χ4n) is 4.27. The summed E-state index contributed by atoms with van der Waals surface area (Å²) in [5, 5.41) is 6.36. The van der Waals surface area contributed by atoms with Crippen LogP contribution in [0.15, 0.2) is 18.6 Å². The molecule has 2 fully saturated rings. The second kappa shape index (κ2) is 5.40. The lowest BCUT2D eigenvalue weighted by Crippen LogP contribution is -2.58. The summed E-state index contributed by atoms with van der Waals surface area (Å²) < 4.78 is 24.9. The van der Waals surface area contributed by atoms with E-state index in [2.05, 4.69) is 26.8 Å². The number of rotatable bonds is 2. The van der Waals surface area contributed by atoms with Crippen LogP contribution in [-0.2, 0) is 10.2 Å². The molecule has 2 aromatic rings. The third-order valence-corrected chi connectivity index (χ3v) is 6.57. The molecular formula is C15H22N6O2S. The number of nitrogens with two attached hydrogens (primary N) is 1. The molecule has 9 heteroatoms. The van der Waals surface area contributed by atoms with Crippen LogP contribution < -0.4 is 10.0 Å². The Balaban J connectivity index is 1.64. The molecule has 2 aliphatic rings. The van der Waals surface area contributed by atoms with Crippen molar-refractivity contribution >= 4 is 27.1 Å². The quantitative estimate of drug-likeness (QED) is 0.829. The first kappa shape index (κ1) is 15.8. The Bertz CT molecular complexity index is 866. The molecule has 2 aliphatic heterocycles. The van der Waals surface area contributed by atoms with E-state index < -0.39 is 10.2 Å². The molecule has 0 aromatic carbocycles. The maximum absolute atomic E-state index is 11.8. The van der Waals surface area contributed by atoms with Crippen LogP contribution in [0, 0.1) is 11.3 Å². The first-order valence-electron chi connectivity index (χ1n) is 8.18. The molecule has 0 bridgehead atoms. The number of piperidine rings is 2. The third-order valence-electron chi connectivity index (χ3n) is 5.54. The lowest BCUT2D eigenvalue weighted by molar-refractivity contribution is 0.0676. The minimum absolute atomic E-state index is 0.128. The van der Waals surface area contributed by atoms with Crippen molar-refractivity contribution in [3.63, 3.8) is 0 Å². The van der Waals surface area contributed by atoms with Crippen molar-refractivity contribution < 1.29 is 8.42 Å². The van der Waals surface area contributed by atoms with Gasteiger partial charge < -0.3 is 9.88 Å². The first-order chi connectivity index (χ1) is 11.4. The van der Waals surface area contributed by atoms with E-state index in [1.807, 2.05) is 12.3 Å². The average Bonchev–Trinajstić information content (AvgIpc) is 3.00. The highest BCUT2D eigenvalue weighted by atomic mass is 32.2. The van der Waals surface area contributed by atoms with Gasteiger partial charge in [0, 0.05) is 37.8 Å². The highest BCUT2D eigenvalue weighted by Crippen LogP contribution is 2.43. The number of hydrogen-bond acceptors (Lipinski definition) is 5. The number of H-pyrrole nitrogens is 1. The zero-order valence-corrected chi connectivity index (χ0v) is 14.5. The Labute approximate surface area is 141 Å². The number of nitrogens with zero attached hydrogens (tertiary/aromatic N) is 4. The van der Waals surface area contributed by atoms with Crippen molar-refractivity contribution in [2.75, 3.05) is 31.1 Å². The van der Waals surface area contributed by atoms with E-state index in [9.17, 15) is 8.42 Å². The van der Waals surface area contributed by atoms with Crippen molar-refractivity contribution in [1.29, 1.82) is 0 Å². The summed E-state index contributed by atoms with van der Waals surface area (Å²) in [7, 11) is -3.64. The normalized spacial score (nSPS) is 28.9. The molecule has 0 amide bonds. The van der Waals surface area contributed by atoms with E-state index >= 15 is 0 Å². The van der Waals surface area contributed by atoms with Gasteiger partial charge in [0.05, 0.1) is 5.39 Å². The van der Waals surface area contributed by atoms with E-state index in [4.69, 9.17) is 5.14 Å². The number of aromatic nitrogens is 3. The van der Waals surface area contributed by atoms with Gasteiger partial charge in [-0.3, -0.25) is 0 Å². The Morgan fingerprint density at radius 3 is 2.88 bits per heavy atom. The van der Waals surface area contributed by atoms with Gasteiger partial charge in [0.15, 0.2) is 0 Å². The van der Waals surface area contributed by atoms with Crippen molar-refractivity contribution in [2.24, 2.45) is 16.5 Å². The Morgan fingerprint density at radius 2 is 2.08 bits per heavy atom. The number of anilines is 1. The highest BCUT2D eigenvalue weighted by molar-refractivity contribution is 7.86. The lowest BCUT2D eigenvalue weighted by atomic mass is 9.69. The first-order valence-corrected chi connectivity index (χ1v) is 9.68. The van der Waals surface area contributed by atoms with Crippen molar-refractivity contribution in [3.8, 4) is 0 Å². The van der Waals surface area contributed by atoms with Crippen LogP contribution in [-0.4, -0.2) is 53.9 Å². The molecule has 24 heavy (non-hydrogen) atoms. The summed E-state index contributed by atoms with van der Waals surface area (Å²) in [6.07, 6.45) is 5.33. The van der Waals surface area contributed by atoms with Crippen LogP contribution in [0.3, 0.4) is 0 Å². The topological polar surface area (TPSA) is 108 Å². The molecule has 4 rings (SSSR count). The predicted octanol–water partition coefficient (Wildman–Crippen LogP) is 0.700. The number of nitrogens with one attached hydrogen (secondary N) is 1. The van der Waals surface area contributed by atoms with Gasteiger partial charge >= 0.3 is 0 Å². The molecule has 0 unspecified atom stereocenters. The Kier molecular flexibility index (Phi) is 3.55. The molecule has 8 nitrogen and oxygen atoms in total. The lowest BCUT2D eigenvalue weighted by Gasteiger charge is -2.51. The van der Waals surface area contributed by atoms with Crippen molar-refractivity contribution in [3.05, 3.63) is 18.6 Å². The van der Waals surface area contributed by atoms with Gasteiger partial charge in [-0.25, -0.2) is 15.1 Å². The summed E-state index contributed by atoms with van der Waals surface area (Å²) in [4.78, 5) is 14.1. The second-order valence-electron chi connectivity index (χ2n) is 7.17. The minimum Gasteiger partial charge on any atom is -0.355 e. The molecule has 0 spiro atoms. The standard InChI is InChI=1S/C15H22N6O2S/c1-15-8-20(14-12-2-5-17-13(12)18-10-19-14)6-3-11(15)4-7-21(9-15)24(16,22)23/h2,5,10-11H,3-4,6-9H2,1H3,(H2,16,22,23)(H,17,18,19)/t11-,15+/m0/s1. The second-order valence-corrected chi connectivity index (χ2v) is 8.71. The average molecular weight is 350 g/mol. The molecule has 0 radical (unpaired) electrons. The van der Waals surface area contributed by atoms with Crippen LogP contribution in [0.4, 0.5) is 5.82 Å². The minimum atomic E-state index is -3.64. The molecule has 2 saturated heterocycles. The summed E-state index contributed by atoms with van der Waals surface area (Å²) in [6, 6.07) is 1.98. The van der Waals surface area contributed by atoms with Gasteiger partial charge in [0.25, 0.3) is 10.2 Å². The Morgan fingerprint density at radius 1 is 1.29 bits per heavy atom. The zero-order chi connectivity index (χ0) is 16.9. The fourth-order valence-corrected chi connectivity index (χ4v) is 5.10. The maximum atomic E-state index is 11.8. The molecule has 3 N–H and O–H groups in total. The Hall–Kier alpha value is -1.71. The molecule has 2 atom stereocenters.